The molecule has 5 nitrogen and oxygen atoms in total. The lowest BCUT2D eigenvalue weighted by Crippen LogP contribution is -2.29. The second-order valence-electron chi connectivity index (χ2n) is 5.03. The van der Waals surface area contributed by atoms with Gasteiger partial charge >= 0.3 is 0 Å². The summed E-state index contributed by atoms with van der Waals surface area (Å²) in [6.07, 6.45) is 0. The Labute approximate surface area is 165 Å². The van der Waals surface area contributed by atoms with E-state index in [4.69, 9.17) is 40.2 Å². The van der Waals surface area contributed by atoms with Crippen molar-refractivity contribution in [1.82, 2.24) is 9.55 Å². The highest BCUT2D eigenvalue weighted by Crippen LogP contribution is 2.32. The minimum absolute atomic E-state index is 0.0379. The standard InChI is InChI=1S/C16H9BrCl2N2O3S/c1-24-13-10(5-8(18)6-11(13)19)15(23)21-14(22)9-4-7(17)2-3-12(9)20-16(21)25/h2-6H,1H3,(H,20,25). The van der Waals surface area contributed by atoms with E-state index in [-0.39, 0.29) is 26.1 Å². The van der Waals surface area contributed by atoms with Gasteiger partial charge in [0.25, 0.3) is 11.5 Å². The molecular weight excluding hydrogens is 451 g/mol. The van der Waals surface area contributed by atoms with Gasteiger partial charge in [0.1, 0.15) is 5.75 Å². The number of benzene rings is 2. The summed E-state index contributed by atoms with van der Waals surface area (Å²) in [7, 11) is 1.37. The zero-order valence-electron chi connectivity index (χ0n) is 12.6. The molecular formula is C16H9BrCl2N2O3S. The van der Waals surface area contributed by atoms with Crippen molar-refractivity contribution in [3.8, 4) is 5.75 Å². The lowest BCUT2D eigenvalue weighted by atomic mass is 10.1. The van der Waals surface area contributed by atoms with Crippen LogP contribution in [0.5, 0.6) is 5.75 Å². The smallest absolute Gasteiger partial charge is 0.271 e. The number of carbonyl (C=O) groups is 1. The molecule has 0 saturated carbocycles. The van der Waals surface area contributed by atoms with Gasteiger partial charge in [-0.2, -0.15) is 0 Å². The van der Waals surface area contributed by atoms with Crippen molar-refractivity contribution in [2.45, 2.75) is 0 Å². The van der Waals surface area contributed by atoms with Crippen molar-refractivity contribution >= 4 is 68.2 Å². The van der Waals surface area contributed by atoms with E-state index in [2.05, 4.69) is 20.9 Å². The Hall–Kier alpha value is -1.67. The van der Waals surface area contributed by atoms with E-state index in [1.807, 2.05) is 0 Å². The number of hydrogen-bond acceptors (Lipinski definition) is 4. The van der Waals surface area contributed by atoms with Crippen LogP contribution in [0.25, 0.3) is 10.9 Å². The molecule has 1 N–H and O–H groups in total. The fourth-order valence-electron chi connectivity index (χ4n) is 2.42. The summed E-state index contributed by atoms with van der Waals surface area (Å²) >= 11 is 20.6. The first-order valence-electron chi connectivity index (χ1n) is 6.86. The molecule has 0 atom stereocenters. The summed E-state index contributed by atoms with van der Waals surface area (Å²) in [5.74, 6) is -0.568. The molecule has 1 heterocycles. The number of hydrogen-bond donors (Lipinski definition) is 1. The van der Waals surface area contributed by atoms with E-state index in [0.717, 1.165) is 4.57 Å². The van der Waals surface area contributed by atoms with Gasteiger partial charge in [-0.3, -0.25) is 9.59 Å². The first-order valence-corrected chi connectivity index (χ1v) is 8.81. The second kappa shape index (κ2) is 6.92. The number of ether oxygens (including phenoxy) is 1. The van der Waals surface area contributed by atoms with Crippen LogP contribution in [0, 0.1) is 4.77 Å². The molecule has 25 heavy (non-hydrogen) atoms. The third kappa shape index (κ3) is 3.25. The molecule has 0 aliphatic rings. The molecule has 0 bridgehead atoms. The van der Waals surface area contributed by atoms with E-state index >= 15 is 0 Å². The van der Waals surface area contributed by atoms with Gasteiger partial charge in [0, 0.05) is 9.50 Å². The number of aromatic nitrogens is 2. The van der Waals surface area contributed by atoms with Crippen LogP contribution in [0.3, 0.4) is 0 Å². The van der Waals surface area contributed by atoms with Crippen LogP contribution in [0.2, 0.25) is 10.0 Å². The molecule has 0 fully saturated rings. The Morgan fingerprint density at radius 2 is 2.00 bits per heavy atom. The minimum Gasteiger partial charge on any atom is -0.494 e. The number of carbonyl (C=O) groups excluding carboxylic acids is 1. The van der Waals surface area contributed by atoms with Crippen LogP contribution in [0.15, 0.2) is 39.6 Å². The van der Waals surface area contributed by atoms with Gasteiger partial charge in [-0.05, 0) is 42.5 Å². The second-order valence-corrected chi connectivity index (χ2v) is 7.18. The van der Waals surface area contributed by atoms with E-state index in [9.17, 15) is 9.59 Å². The number of H-pyrrole nitrogens is 1. The van der Waals surface area contributed by atoms with E-state index in [0.29, 0.717) is 15.4 Å². The van der Waals surface area contributed by atoms with Crippen molar-refractivity contribution < 1.29 is 9.53 Å². The number of fused-ring (bicyclic) bond motifs is 1. The third-order valence-corrected chi connectivity index (χ3v) is 4.78. The summed E-state index contributed by atoms with van der Waals surface area (Å²) in [5, 5.41) is 0.703. The average Bonchev–Trinajstić information content (AvgIpc) is 2.55. The number of nitrogens with zero attached hydrogens (tertiary/aromatic N) is 1. The first kappa shape index (κ1) is 18.1. The van der Waals surface area contributed by atoms with Gasteiger partial charge < -0.3 is 9.72 Å². The molecule has 0 aliphatic carbocycles. The Morgan fingerprint density at radius 3 is 2.68 bits per heavy atom. The molecule has 0 aliphatic heterocycles. The van der Waals surface area contributed by atoms with Crippen molar-refractivity contribution in [3.63, 3.8) is 0 Å². The van der Waals surface area contributed by atoms with Gasteiger partial charge in [0.05, 0.1) is 28.6 Å². The summed E-state index contributed by atoms with van der Waals surface area (Å²) in [5.41, 5.74) is 0.0116. The number of halogens is 3. The molecule has 0 unspecified atom stereocenters. The molecule has 0 radical (unpaired) electrons. The highest BCUT2D eigenvalue weighted by molar-refractivity contribution is 9.10. The normalized spacial score (nSPS) is 10.9. The van der Waals surface area contributed by atoms with E-state index < -0.39 is 11.5 Å². The van der Waals surface area contributed by atoms with Gasteiger partial charge in [-0.15, -0.1) is 0 Å². The Kier molecular flexibility index (Phi) is 5.02. The maximum Gasteiger partial charge on any atom is 0.271 e. The van der Waals surface area contributed by atoms with Crippen molar-refractivity contribution in [3.05, 3.63) is 65.5 Å². The lowest BCUT2D eigenvalue weighted by Gasteiger charge is -2.12. The fourth-order valence-corrected chi connectivity index (χ4v) is 3.63. The van der Waals surface area contributed by atoms with Gasteiger partial charge in [0.2, 0.25) is 0 Å². The topological polar surface area (TPSA) is 64.1 Å². The van der Waals surface area contributed by atoms with Crippen LogP contribution in [-0.4, -0.2) is 22.6 Å². The van der Waals surface area contributed by atoms with Crippen molar-refractivity contribution in [1.29, 1.82) is 0 Å². The highest BCUT2D eigenvalue weighted by atomic mass is 79.9. The van der Waals surface area contributed by atoms with E-state index in [1.54, 1.807) is 18.2 Å². The number of rotatable bonds is 2. The predicted molar refractivity (Wildman–Crippen MR) is 104 cm³/mol. The zero-order valence-corrected chi connectivity index (χ0v) is 16.5. The summed E-state index contributed by atoms with van der Waals surface area (Å²) < 4.78 is 6.70. The van der Waals surface area contributed by atoms with Gasteiger partial charge in [-0.25, -0.2) is 4.57 Å². The molecule has 128 valence electrons. The zero-order chi connectivity index (χ0) is 18.3. The first-order chi connectivity index (χ1) is 11.8. The minimum atomic E-state index is -0.686. The van der Waals surface area contributed by atoms with Crippen LogP contribution < -0.4 is 10.3 Å². The molecule has 0 amide bonds. The van der Waals surface area contributed by atoms with Crippen LogP contribution in [0.4, 0.5) is 0 Å². The number of aromatic amines is 1. The van der Waals surface area contributed by atoms with Gasteiger partial charge in [0.15, 0.2) is 4.77 Å². The van der Waals surface area contributed by atoms with Crippen LogP contribution >= 0.6 is 51.3 Å². The summed E-state index contributed by atoms with van der Waals surface area (Å²) in [4.78, 5) is 28.7. The number of methoxy groups -OCH3 is 1. The quantitative estimate of drug-likeness (QED) is 0.557. The molecule has 3 aromatic rings. The Morgan fingerprint density at radius 1 is 1.28 bits per heavy atom. The fraction of sp³-hybridized carbons (Fsp3) is 0.0625. The number of nitrogens with one attached hydrogen (secondary N) is 1. The molecule has 0 spiro atoms. The largest absolute Gasteiger partial charge is 0.494 e. The van der Waals surface area contributed by atoms with Crippen molar-refractivity contribution in [2.24, 2.45) is 0 Å². The maximum atomic E-state index is 13.0. The van der Waals surface area contributed by atoms with Crippen molar-refractivity contribution in [2.75, 3.05) is 7.11 Å². The molecule has 1 aromatic heterocycles. The summed E-state index contributed by atoms with van der Waals surface area (Å²) in [6, 6.07) is 7.89. The van der Waals surface area contributed by atoms with Gasteiger partial charge in [-0.1, -0.05) is 39.1 Å². The maximum absolute atomic E-state index is 13.0. The highest BCUT2D eigenvalue weighted by Gasteiger charge is 2.21. The molecule has 9 heteroatoms. The monoisotopic (exact) mass is 458 g/mol. The SMILES string of the molecule is COc1c(Cl)cc(Cl)cc1C(=O)n1c(=S)[nH]c2ccc(Br)cc2c1=O. The van der Waals surface area contributed by atoms with E-state index in [1.165, 1.54) is 19.2 Å². The molecule has 3 rings (SSSR count). The predicted octanol–water partition coefficient (Wildman–Crippen LogP) is 4.83. The average molecular weight is 460 g/mol. The Bertz CT molecular complexity index is 1140. The van der Waals surface area contributed by atoms with Crippen LogP contribution in [-0.2, 0) is 0 Å². The third-order valence-electron chi connectivity index (χ3n) is 3.51. The lowest BCUT2D eigenvalue weighted by molar-refractivity contribution is 0.0950. The molecule has 0 saturated heterocycles. The summed E-state index contributed by atoms with van der Waals surface area (Å²) in [6.45, 7) is 0. The Balaban J connectivity index is 2.33. The molecule has 2 aromatic carbocycles. The van der Waals surface area contributed by atoms with Crippen LogP contribution in [0.1, 0.15) is 10.4 Å².